The summed E-state index contributed by atoms with van der Waals surface area (Å²) in [5.74, 6) is 0.585. The van der Waals surface area contributed by atoms with Crippen molar-refractivity contribution in [2.45, 2.75) is 71.2 Å². The van der Waals surface area contributed by atoms with E-state index in [4.69, 9.17) is 14.5 Å². The Kier molecular flexibility index (Phi) is 8.15. The number of amides is 2. The predicted molar refractivity (Wildman–Crippen MR) is 155 cm³/mol. The highest BCUT2D eigenvalue weighted by Gasteiger charge is 2.33. The molecule has 41 heavy (non-hydrogen) atoms. The lowest BCUT2D eigenvalue weighted by Gasteiger charge is -2.35. The van der Waals surface area contributed by atoms with Crippen molar-refractivity contribution in [3.63, 3.8) is 0 Å². The molecule has 2 aliphatic heterocycles. The fourth-order valence-electron chi connectivity index (χ4n) is 5.59. The topological polar surface area (TPSA) is 94.0 Å². The number of rotatable bonds is 4. The molecule has 1 saturated heterocycles. The molecule has 0 aliphatic carbocycles. The molecule has 1 aromatic heterocycles. The lowest BCUT2D eigenvalue weighted by Crippen LogP contribution is -2.48. The maximum absolute atomic E-state index is 14.0. The summed E-state index contributed by atoms with van der Waals surface area (Å²) in [5, 5.41) is 0. The number of piperidine rings is 1. The third-order valence-electron chi connectivity index (χ3n) is 7.49. The third-order valence-corrected chi connectivity index (χ3v) is 7.49. The number of likely N-dealkylation sites (tertiary alicyclic amines) is 1. The number of hydrogen-bond acceptors (Lipinski definition) is 6. The van der Waals surface area contributed by atoms with Crippen LogP contribution in [0.3, 0.4) is 0 Å². The van der Waals surface area contributed by atoms with Gasteiger partial charge in [0, 0.05) is 18.7 Å². The van der Waals surface area contributed by atoms with Crippen LogP contribution >= 0.6 is 0 Å². The molecule has 0 bridgehead atoms. The van der Waals surface area contributed by atoms with E-state index in [-0.39, 0.29) is 18.1 Å². The first-order valence-corrected chi connectivity index (χ1v) is 14.2. The van der Waals surface area contributed by atoms with Gasteiger partial charge in [-0.25, -0.2) is 14.6 Å². The molecular weight excluding hydrogens is 520 g/mol. The summed E-state index contributed by atoms with van der Waals surface area (Å²) in [7, 11) is 0. The summed E-state index contributed by atoms with van der Waals surface area (Å²) in [6.07, 6.45) is 0.529. The first-order valence-electron chi connectivity index (χ1n) is 14.2. The number of fused-ring (bicyclic) bond motifs is 1. The van der Waals surface area contributed by atoms with Crippen LogP contribution in [-0.4, -0.2) is 62.9 Å². The average Bonchev–Trinajstić information content (AvgIpc) is 2.95. The van der Waals surface area contributed by atoms with Crippen LogP contribution in [0.25, 0.3) is 0 Å². The largest absolute Gasteiger partial charge is 0.444 e. The molecule has 3 heterocycles. The number of nitrogens with zero attached hydrogens (tertiary/aromatic N) is 4. The van der Waals surface area contributed by atoms with Crippen LogP contribution in [-0.2, 0) is 22.4 Å². The van der Waals surface area contributed by atoms with Gasteiger partial charge in [-0.2, -0.15) is 0 Å². The lowest BCUT2D eigenvalue weighted by molar-refractivity contribution is -0.00799. The van der Waals surface area contributed by atoms with Gasteiger partial charge in [0.15, 0.2) is 0 Å². The number of ether oxygens (including phenoxy) is 2. The molecule has 0 radical (unpaired) electrons. The van der Waals surface area contributed by atoms with Crippen LogP contribution in [0.15, 0.2) is 65.5 Å². The predicted octanol–water partition coefficient (Wildman–Crippen LogP) is 5.08. The van der Waals surface area contributed by atoms with Gasteiger partial charge in [0.1, 0.15) is 17.5 Å². The van der Waals surface area contributed by atoms with Gasteiger partial charge in [-0.3, -0.25) is 9.36 Å². The third kappa shape index (κ3) is 6.45. The highest BCUT2D eigenvalue weighted by Crippen LogP contribution is 2.28. The Morgan fingerprint density at radius 1 is 0.927 bits per heavy atom. The van der Waals surface area contributed by atoms with E-state index >= 15 is 0 Å². The lowest BCUT2D eigenvalue weighted by atomic mass is 9.97. The molecule has 5 rings (SSSR count). The summed E-state index contributed by atoms with van der Waals surface area (Å²) in [5.41, 5.74) is 2.56. The Labute approximate surface area is 240 Å². The average molecular weight is 559 g/mol. The van der Waals surface area contributed by atoms with Gasteiger partial charge in [0.2, 0.25) is 0 Å². The van der Waals surface area contributed by atoms with E-state index in [1.165, 1.54) is 0 Å². The monoisotopic (exact) mass is 558 g/mol. The molecule has 9 heteroatoms. The van der Waals surface area contributed by atoms with Crippen molar-refractivity contribution >= 4 is 12.2 Å². The van der Waals surface area contributed by atoms with E-state index in [0.29, 0.717) is 49.6 Å². The van der Waals surface area contributed by atoms with Gasteiger partial charge in [-0.15, -0.1) is 0 Å². The number of benzene rings is 2. The Bertz CT molecular complexity index is 1410. The first-order chi connectivity index (χ1) is 19.6. The maximum atomic E-state index is 14.0. The molecule has 2 amide bonds. The van der Waals surface area contributed by atoms with Crippen LogP contribution in [0.1, 0.15) is 67.9 Å². The second-order valence-corrected chi connectivity index (χ2v) is 11.7. The van der Waals surface area contributed by atoms with E-state index in [0.717, 1.165) is 17.5 Å². The zero-order chi connectivity index (χ0) is 29.1. The van der Waals surface area contributed by atoms with E-state index in [2.05, 4.69) is 0 Å². The Morgan fingerprint density at radius 2 is 1.56 bits per heavy atom. The zero-order valence-electron chi connectivity index (χ0n) is 24.2. The number of aryl methyl sites for hydroxylation is 1. The Balaban J connectivity index is 1.33. The van der Waals surface area contributed by atoms with Crippen LogP contribution in [0, 0.1) is 6.92 Å². The molecule has 1 unspecified atom stereocenters. The highest BCUT2D eigenvalue weighted by molar-refractivity contribution is 5.69. The molecule has 9 nitrogen and oxygen atoms in total. The molecule has 0 saturated carbocycles. The molecule has 2 aromatic carbocycles. The zero-order valence-corrected chi connectivity index (χ0v) is 24.2. The van der Waals surface area contributed by atoms with Crippen molar-refractivity contribution in [3.8, 4) is 0 Å². The van der Waals surface area contributed by atoms with Crippen molar-refractivity contribution in [2.24, 2.45) is 0 Å². The number of hydrogen-bond donors (Lipinski definition) is 0. The van der Waals surface area contributed by atoms with Crippen molar-refractivity contribution in [2.75, 3.05) is 19.6 Å². The van der Waals surface area contributed by atoms with Gasteiger partial charge in [-0.05, 0) is 58.1 Å². The number of aromatic nitrogens is 2. The van der Waals surface area contributed by atoms with Crippen LogP contribution in [0.2, 0.25) is 0 Å². The van der Waals surface area contributed by atoms with Gasteiger partial charge in [-0.1, -0.05) is 60.7 Å². The van der Waals surface area contributed by atoms with Gasteiger partial charge in [0.25, 0.3) is 5.56 Å². The van der Waals surface area contributed by atoms with Gasteiger partial charge >= 0.3 is 12.2 Å². The minimum Gasteiger partial charge on any atom is -0.444 e. The molecule has 1 atom stereocenters. The van der Waals surface area contributed by atoms with Crippen LogP contribution in [0.5, 0.6) is 0 Å². The quantitative estimate of drug-likeness (QED) is 0.443. The SMILES string of the molecule is Cc1nc2c(c(=O)n1C(c1ccccc1)c1ccccc1)CCN(C(=O)OC1CCCN(C(=O)OC(C)(C)C)C1)C2. The summed E-state index contributed by atoms with van der Waals surface area (Å²) >= 11 is 0. The first kappa shape index (κ1) is 28.4. The van der Waals surface area contributed by atoms with Gasteiger partial charge in [0.05, 0.1) is 24.8 Å². The van der Waals surface area contributed by atoms with E-state index in [1.807, 2.05) is 88.4 Å². The molecule has 216 valence electrons. The number of carbonyl (C=O) groups is 2. The van der Waals surface area contributed by atoms with Crippen molar-refractivity contribution in [3.05, 3.63) is 99.2 Å². The summed E-state index contributed by atoms with van der Waals surface area (Å²) < 4.78 is 13.1. The number of carbonyl (C=O) groups excluding carboxylic acids is 2. The minimum atomic E-state index is -0.589. The summed E-state index contributed by atoms with van der Waals surface area (Å²) in [6.45, 7) is 8.75. The van der Waals surface area contributed by atoms with Crippen molar-refractivity contribution < 1.29 is 19.1 Å². The second-order valence-electron chi connectivity index (χ2n) is 11.7. The molecule has 3 aromatic rings. The highest BCUT2D eigenvalue weighted by atomic mass is 16.6. The maximum Gasteiger partial charge on any atom is 0.410 e. The van der Waals surface area contributed by atoms with Crippen LogP contribution < -0.4 is 5.56 Å². The normalized spacial score (nSPS) is 17.2. The van der Waals surface area contributed by atoms with Crippen molar-refractivity contribution in [1.82, 2.24) is 19.4 Å². The van der Waals surface area contributed by atoms with E-state index in [9.17, 15) is 14.4 Å². The molecular formula is C32H38N4O5. The Morgan fingerprint density at radius 3 is 2.17 bits per heavy atom. The van der Waals surface area contributed by atoms with Gasteiger partial charge < -0.3 is 19.3 Å². The molecule has 0 N–H and O–H groups in total. The minimum absolute atomic E-state index is 0.0847. The van der Waals surface area contributed by atoms with Crippen molar-refractivity contribution in [1.29, 1.82) is 0 Å². The molecule has 0 spiro atoms. The molecule has 2 aliphatic rings. The smallest absolute Gasteiger partial charge is 0.410 e. The standard InChI is InChI=1S/C32H38N4O5/c1-22-33-27-21-35(30(38)40-25-16-11-18-34(20-25)31(39)41-32(2,3)4)19-17-26(27)29(37)36(22)28(23-12-7-5-8-13-23)24-14-9-6-10-15-24/h5-10,12-15,25,28H,11,16-21H2,1-4H3. The second kappa shape index (κ2) is 11.8. The van der Waals surface area contributed by atoms with E-state index in [1.54, 1.807) is 14.4 Å². The van der Waals surface area contributed by atoms with Crippen LogP contribution in [0.4, 0.5) is 9.59 Å². The fraction of sp³-hybridized carbons (Fsp3) is 0.438. The fourth-order valence-corrected chi connectivity index (χ4v) is 5.59. The molecule has 1 fully saturated rings. The Hall–Kier alpha value is -4.14. The summed E-state index contributed by atoms with van der Waals surface area (Å²) in [6, 6.07) is 19.6. The summed E-state index contributed by atoms with van der Waals surface area (Å²) in [4.78, 5) is 47.7. The van der Waals surface area contributed by atoms with E-state index < -0.39 is 23.9 Å².